The summed E-state index contributed by atoms with van der Waals surface area (Å²) in [6.45, 7) is 6.15. The second-order valence-electron chi connectivity index (χ2n) is 6.33. The van der Waals surface area contributed by atoms with Crippen LogP contribution in [0.25, 0.3) is 0 Å². The van der Waals surface area contributed by atoms with Crippen LogP contribution in [0.4, 0.5) is 0 Å². The number of nitrogens with zero attached hydrogens (tertiary/aromatic N) is 2. The minimum Gasteiger partial charge on any atom is -0.481 e. The number of methoxy groups -OCH3 is 1. The van der Waals surface area contributed by atoms with Crippen LogP contribution in [0.3, 0.4) is 0 Å². The Balaban J connectivity index is 1.69. The lowest BCUT2D eigenvalue weighted by Crippen LogP contribution is -2.55. The maximum absolute atomic E-state index is 12.6. The second-order valence-corrected chi connectivity index (χ2v) is 7.79. The van der Waals surface area contributed by atoms with Crippen molar-refractivity contribution >= 4 is 11.0 Å². The number of ether oxygens (including phenoxy) is 1. The SMILES string of the molecule is COc1ccc(S(=O)N2CC3(CCC(C)C3)C2)c(C)n1. The summed E-state index contributed by atoms with van der Waals surface area (Å²) in [5.74, 6) is 1.41. The Kier molecular flexibility index (Phi) is 3.58. The van der Waals surface area contributed by atoms with Gasteiger partial charge < -0.3 is 4.74 Å². The van der Waals surface area contributed by atoms with Gasteiger partial charge >= 0.3 is 0 Å². The summed E-state index contributed by atoms with van der Waals surface area (Å²) in [6.07, 6.45) is 3.91. The van der Waals surface area contributed by atoms with E-state index in [1.165, 1.54) is 19.3 Å². The van der Waals surface area contributed by atoms with Crippen LogP contribution in [-0.4, -0.2) is 33.7 Å². The van der Waals surface area contributed by atoms with Gasteiger partial charge in [-0.1, -0.05) is 13.3 Å². The molecule has 1 saturated carbocycles. The van der Waals surface area contributed by atoms with Crippen molar-refractivity contribution in [2.24, 2.45) is 11.3 Å². The van der Waals surface area contributed by atoms with Crippen LogP contribution in [-0.2, 0) is 11.0 Å². The molecule has 0 radical (unpaired) electrons. The summed E-state index contributed by atoms with van der Waals surface area (Å²) in [7, 11) is 0.515. The summed E-state index contributed by atoms with van der Waals surface area (Å²) in [5, 5.41) is 0. The molecule has 1 saturated heterocycles. The predicted molar refractivity (Wildman–Crippen MR) is 79.0 cm³/mol. The third-order valence-corrected chi connectivity index (χ3v) is 6.15. The first-order chi connectivity index (χ1) is 9.53. The quantitative estimate of drug-likeness (QED) is 0.860. The third-order valence-electron chi connectivity index (χ3n) is 4.62. The van der Waals surface area contributed by atoms with Gasteiger partial charge in [-0.15, -0.1) is 0 Å². The van der Waals surface area contributed by atoms with E-state index >= 15 is 0 Å². The van der Waals surface area contributed by atoms with Gasteiger partial charge in [0.05, 0.1) is 17.7 Å². The fraction of sp³-hybridized carbons (Fsp3) is 0.667. The average Bonchev–Trinajstić information content (AvgIpc) is 2.78. The Bertz CT molecular complexity index is 541. The van der Waals surface area contributed by atoms with Gasteiger partial charge in [0, 0.05) is 19.2 Å². The van der Waals surface area contributed by atoms with Crippen molar-refractivity contribution in [1.29, 1.82) is 0 Å². The molecule has 2 aliphatic rings. The van der Waals surface area contributed by atoms with Gasteiger partial charge in [0.25, 0.3) is 0 Å². The van der Waals surface area contributed by atoms with Crippen molar-refractivity contribution in [2.45, 2.75) is 38.0 Å². The lowest BCUT2D eigenvalue weighted by molar-refractivity contribution is 0.0789. The smallest absolute Gasteiger partial charge is 0.213 e. The van der Waals surface area contributed by atoms with E-state index in [0.717, 1.165) is 29.6 Å². The van der Waals surface area contributed by atoms with Crippen LogP contribution in [0, 0.1) is 18.3 Å². The van der Waals surface area contributed by atoms with Crippen LogP contribution in [0.2, 0.25) is 0 Å². The van der Waals surface area contributed by atoms with Crippen LogP contribution in [0.5, 0.6) is 5.88 Å². The molecule has 1 spiro atoms. The molecule has 1 aliphatic carbocycles. The summed E-state index contributed by atoms with van der Waals surface area (Å²) in [6, 6.07) is 3.66. The molecule has 0 bridgehead atoms. The molecule has 0 N–H and O–H groups in total. The van der Waals surface area contributed by atoms with Gasteiger partial charge in [-0.05, 0) is 37.2 Å². The van der Waals surface area contributed by atoms with Crippen molar-refractivity contribution < 1.29 is 8.95 Å². The highest BCUT2D eigenvalue weighted by atomic mass is 32.2. The Morgan fingerprint density at radius 1 is 1.45 bits per heavy atom. The molecule has 2 heterocycles. The van der Waals surface area contributed by atoms with Crippen molar-refractivity contribution in [3.8, 4) is 5.88 Å². The normalized spacial score (nSPS) is 26.4. The zero-order valence-electron chi connectivity index (χ0n) is 12.4. The largest absolute Gasteiger partial charge is 0.481 e. The first-order valence-electron chi connectivity index (χ1n) is 7.21. The Labute approximate surface area is 123 Å². The molecule has 3 rings (SSSR count). The molecule has 5 heteroatoms. The molecular formula is C15H22N2O2S. The first-order valence-corrected chi connectivity index (χ1v) is 8.32. The molecule has 2 fully saturated rings. The van der Waals surface area contributed by atoms with E-state index in [1.54, 1.807) is 13.2 Å². The highest BCUT2D eigenvalue weighted by Gasteiger charge is 2.49. The fourth-order valence-electron chi connectivity index (χ4n) is 3.56. The summed E-state index contributed by atoms with van der Waals surface area (Å²) < 4.78 is 19.8. The average molecular weight is 294 g/mol. The topological polar surface area (TPSA) is 42.4 Å². The zero-order valence-corrected chi connectivity index (χ0v) is 13.2. The number of pyridine rings is 1. The van der Waals surface area contributed by atoms with E-state index in [-0.39, 0.29) is 0 Å². The number of aryl methyl sites for hydroxylation is 1. The number of hydrogen-bond donors (Lipinski definition) is 0. The van der Waals surface area contributed by atoms with Crippen molar-refractivity contribution in [3.63, 3.8) is 0 Å². The Hall–Kier alpha value is -0.940. The van der Waals surface area contributed by atoms with Crippen molar-refractivity contribution in [2.75, 3.05) is 20.2 Å². The lowest BCUT2D eigenvalue weighted by Gasteiger charge is -2.47. The summed E-state index contributed by atoms with van der Waals surface area (Å²) in [5.41, 5.74) is 1.24. The van der Waals surface area contributed by atoms with Gasteiger partial charge in [-0.25, -0.2) is 13.5 Å². The minimum atomic E-state index is -1.08. The third kappa shape index (κ3) is 2.37. The van der Waals surface area contributed by atoms with Gasteiger partial charge in [-0.2, -0.15) is 0 Å². The summed E-state index contributed by atoms with van der Waals surface area (Å²) >= 11 is 0. The van der Waals surface area contributed by atoms with Crippen molar-refractivity contribution in [1.82, 2.24) is 9.29 Å². The highest BCUT2D eigenvalue weighted by Crippen LogP contribution is 2.48. The number of rotatable bonds is 3. The lowest BCUT2D eigenvalue weighted by atomic mass is 9.79. The molecule has 1 aromatic rings. The maximum atomic E-state index is 12.6. The zero-order chi connectivity index (χ0) is 14.3. The molecule has 110 valence electrons. The van der Waals surface area contributed by atoms with Gasteiger partial charge in [0.2, 0.25) is 5.88 Å². The Morgan fingerprint density at radius 2 is 2.20 bits per heavy atom. The van der Waals surface area contributed by atoms with Crippen LogP contribution in [0.15, 0.2) is 17.0 Å². The van der Waals surface area contributed by atoms with E-state index in [4.69, 9.17) is 4.74 Å². The highest BCUT2D eigenvalue weighted by molar-refractivity contribution is 7.82. The van der Waals surface area contributed by atoms with Gasteiger partial charge in [0.15, 0.2) is 0 Å². The van der Waals surface area contributed by atoms with Crippen molar-refractivity contribution in [3.05, 3.63) is 17.8 Å². The van der Waals surface area contributed by atoms with Crippen LogP contribution < -0.4 is 4.74 Å². The minimum absolute atomic E-state index is 0.447. The van der Waals surface area contributed by atoms with Gasteiger partial charge in [-0.3, -0.25) is 0 Å². The van der Waals surface area contributed by atoms with Gasteiger partial charge in [0.1, 0.15) is 11.0 Å². The van der Waals surface area contributed by atoms with E-state index in [1.807, 2.05) is 13.0 Å². The maximum Gasteiger partial charge on any atom is 0.213 e. The molecule has 0 amide bonds. The number of hydrogen-bond acceptors (Lipinski definition) is 3. The predicted octanol–water partition coefficient (Wildman–Crippen LogP) is 2.54. The monoisotopic (exact) mass is 294 g/mol. The fourth-order valence-corrected chi connectivity index (χ4v) is 5.11. The molecule has 0 aromatic carbocycles. The molecule has 2 unspecified atom stereocenters. The summed E-state index contributed by atoms with van der Waals surface area (Å²) in [4.78, 5) is 5.12. The standard InChI is InChI=1S/C15H22N2O2S/c1-11-6-7-15(8-11)9-17(10-15)20(18)13-4-5-14(19-3)16-12(13)2/h4-5,11H,6-10H2,1-3H3. The molecule has 1 aromatic heterocycles. The van der Waals surface area contributed by atoms with E-state index in [2.05, 4.69) is 16.2 Å². The van der Waals surface area contributed by atoms with Crippen LogP contribution in [0.1, 0.15) is 31.9 Å². The van der Waals surface area contributed by atoms with E-state index in [9.17, 15) is 4.21 Å². The van der Waals surface area contributed by atoms with E-state index in [0.29, 0.717) is 11.3 Å². The first kappa shape index (κ1) is 14.0. The molecule has 4 nitrogen and oxygen atoms in total. The molecule has 20 heavy (non-hydrogen) atoms. The number of aromatic nitrogens is 1. The molecular weight excluding hydrogens is 272 g/mol. The Morgan fingerprint density at radius 3 is 2.75 bits per heavy atom. The van der Waals surface area contributed by atoms with E-state index < -0.39 is 11.0 Å². The molecule has 1 aliphatic heterocycles. The second kappa shape index (κ2) is 5.11. The van der Waals surface area contributed by atoms with Crippen LogP contribution >= 0.6 is 0 Å². The molecule has 2 atom stereocenters.